The lowest BCUT2D eigenvalue weighted by atomic mass is 10.1. The molecule has 0 amide bonds. The monoisotopic (exact) mass is 376 g/mol. The van der Waals surface area contributed by atoms with Crippen molar-refractivity contribution in [2.24, 2.45) is 0 Å². The lowest BCUT2D eigenvalue weighted by molar-refractivity contribution is -0.139. The van der Waals surface area contributed by atoms with Crippen LogP contribution in [0.3, 0.4) is 0 Å². The summed E-state index contributed by atoms with van der Waals surface area (Å²) in [5.41, 5.74) is 0.743. The van der Waals surface area contributed by atoms with Gasteiger partial charge in [-0.1, -0.05) is 40.2 Å². The molecular formula is C17H13BrO5. The molecule has 0 bridgehead atoms. The molecule has 0 aromatic heterocycles. The summed E-state index contributed by atoms with van der Waals surface area (Å²) in [6.07, 6.45) is 2.90. The van der Waals surface area contributed by atoms with Crippen molar-refractivity contribution in [2.45, 2.75) is 0 Å². The summed E-state index contributed by atoms with van der Waals surface area (Å²) >= 11 is 3.32. The van der Waals surface area contributed by atoms with E-state index in [0.717, 1.165) is 10.0 Å². The predicted octanol–water partition coefficient (Wildman–Crippen LogP) is 3.51. The van der Waals surface area contributed by atoms with Crippen molar-refractivity contribution in [3.63, 3.8) is 0 Å². The zero-order valence-electron chi connectivity index (χ0n) is 11.9. The number of carboxylic acids is 1. The third-order valence-electron chi connectivity index (χ3n) is 2.90. The minimum atomic E-state index is -1.17. The lowest BCUT2D eigenvalue weighted by Crippen LogP contribution is -2.11. The van der Waals surface area contributed by atoms with Gasteiger partial charge in [0.15, 0.2) is 12.4 Å². The molecule has 0 aliphatic heterocycles. The smallest absolute Gasteiger partial charge is 0.341 e. The van der Waals surface area contributed by atoms with Crippen LogP contribution in [0, 0.1) is 0 Å². The Morgan fingerprint density at radius 3 is 2.48 bits per heavy atom. The van der Waals surface area contributed by atoms with Crippen molar-refractivity contribution in [1.82, 2.24) is 0 Å². The summed E-state index contributed by atoms with van der Waals surface area (Å²) in [6, 6.07) is 11.6. The highest BCUT2D eigenvalue weighted by Gasteiger charge is 2.16. The van der Waals surface area contributed by atoms with Crippen LogP contribution in [0.2, 0.25) is 0 Å². The maximum Gasteiger partial charge on any atom is 0.341 e. The molecule has 6 heteroatoms. The number of allylic oxidation sites excluding steroid dienone is 1. The molecule has 23 heavy (non-hydrogen) atoms. The molecule has 2 rings (SSSR count). The second-order valence-electron chi connectivity index (χ2n) is 4.58. The molecule has 0 saturated heterocycles. The van der Waals surface area contributed by atoms with Crippen molar-refractivity contribution in [1.29, 1.82) is 0 Å². The second kappa shape index (κ2) is 7.60. The average Bonchev–Trinajstić information content (AvgIpc) is 2.52. The first-order valence-electron chi connectivity index (χ1n) is 6.62. The predicted molar refractivity (Wildman–Crippen MR) is 88.7 cm³/mol. The van der Waals surface area contributed by atoms with Crippen LogP contribution in [-0.2, 0) is 4.79 Å². The fraction of sp³-hybridized carbons (Fsp3) is 0.0588. The van der Waals surface area contributed by atoms with Crippen LogP contribution >= 0.6 is 15.9 Å². The van der Waals surface area contributed by atoms with Gasteiger partial charge in [-0.25, -0.2) is 4.79 Å². The highest BCUT2D eigenvalue weighted by Crippen LogP contribution is 2.28. The molecule has 0 radical (unpaired) electrons. The molecule has 118 valence electrons. The number of phenols is 1. The number of aliphatic carboxylic acids is 1. The van der Waals surface area contributed by atoms with Gasteiger partial charge in [0, 0.05) is 4.47 Å². The van der Waals surface area contributed by atoms with Crippen LogP contribution < -0.4 is 4.74 Å². The van der Waals surface area contributed by atoms with E-state index in [0.29, 0.717) is 0 Å². The molecule has 2 N–H and O–H groups in total. The Kier molecular flexibility index (Phi) is 5.54. The molecule has 2 aromatic carbocycles. The van der Waals surface area contributed by atoms with Crippen molar-refractivity contribution in [3.8, 4) is 11.5 Å². The van der Waals surface area contributed by atoms with Crippen LogP contribution in [0.15, 0.2) is 53.0 Å². The first-order chi connectivity index (χ1) is 11.0. The van der Waals surface area contributed by atoms with E-state index in [1.165, 1.54) is 24.3 Å². The van der Waals surface area contributed by atoms with E-state index in [1.807, 2.05) is 24.3 Å². The van der Waals surface area contributed by atoms with Crippen LogP contribution in [0.5, 0.6) is 11.5 Å². The van der Waals surface area contributed by atoms with E-state index < -0.39 is 18.4 Å². The van der Waals surface area contributed by atoms with Gasteiger partial charge in [-0.3, -0.25) is 4.79 Å². The molecule has 5 nitrogen and oxygen atoms in total. The van der Waals surface area contributed by atoms with Crippen LogP contribution in [0.4, 0.5) is 0 Å². The highest BCUT2D eigenvalue weighted by molar-refractivity contribution is 9.10. The third-order valence-corrected chi connectivity index (χ3v) is 3.43. The minimum Gasteiger partial charge on any atom is -0.507 e. The maximum atomic E-state index is 12.3. The standard InChI is InChI=1S/C17H13BrO5/c18-12-7-4-11(5-8-12)6-9-14(20)17-13(19)2-1-3-15(17)23-10-16(21)22/h1-9,19H,10H2,(H,21,22). The summed E-state index contributed by atoms with van der Waals surface area (Å²) in [5, 5.41) is 18.5. The number of phenolic OH excluding ortho intramolecular Hbond substituents is 1. The van der Waals surface area contributed by atoms with Crippen LogP contribution in [0.25, 0.3) is 6.08 Å². The Morgan fingerprint density at radius 2 is 1.83 bits per heavy atom. The molecule has 0 spiro atoms. The van der Waals surface area contributed by atoms with Crippen LogP contribution in [-0.4, -0.2) is 28.6 Å². The van der Waals surface area contributed by atoms with Crippen molar-refractivity contribution in [3.05, 3.63) is 64.1 Å². The topological polar surface area (TPSA) is 83.8 Å². The highest BCUT2D eigenvalue weighted by atomic mass is 79.9. The number of ketones is 1. The fourth-order valence-electron chi connectivity index (χ4n) is 1.86. The maximum absolute atomic E-state index is 12.3. The number of ether oxygens (including phenoxy) is 1. The first-order valence-corrected chi connectivity index (χ1v) is 7.41. The average molecular weight is 377 g/mol. The molecule has 0 unspecified atom stereocenters. The van der Waals surface area contributed by atoms with E-state index in [4.69, 9.17) is 9.84 Å². The van der Waals surface area contributed by atoms with Gasteiger partial charge in [0.05, 0.1) is 0 Å². The van der Waals surface area contributed by atoms with Gasteiger partial charge in [-0.15, -0.1) is 0 Å². The Bertz CT molecular complexity index is 750. The van der Waals surface area contributed by atoms with Gasteiger partial charge < -0.3 is 14.9 Å². The van der Waals surface area contributed by atoms with Crippen molar-refractivity contribution < 1.29 is 24.5 Å². The minimum absolute atomic E-state index is 0.0258. The third kappa shape index (κ3) is 4.69. The normalized spacial score (nSPS) is 10.7. The molecule has 0 atom stereocenters. The van der Waals surface area contributed by atoms with E-state index in [9.17, 15) is 14.7 Å². The zero-order chi connectivity index (χ0) is 16.8. The van der Waals surface area contributed by atoms with E-state index in [1.54, 1.807) is 6.08 Å². The molecule has 0 saturated carbocycles. The number of halogens is 1. The van der Waals surface area contributed by atoms with Crippen molar-refractivity contribution >= 4 is 33.8 Å². The lowest BCUT2D eigenvalue weighted by Gasteiger charge is -2.09. The Labute approximate surface area is 141 Å². The summed E-state index contributed by atoms with van der Waals surface area (Å²) < 4.78 is 5.97. The summed E-state index contributed by atoms with van der Waals surface area (Å²) in [5.74, 6) is -1.89. The Hall–Kier alpha value is -2.60. The quantitative estimate of drug-likeness (QED) is 0.595. The van der Waals surface area contributed by atoms with Crippen LogP contribution in [0.1, 0.15) is 15.9 Å². The summed E-state index contributed by atoms with van der Waals surface area (Å²) in [4.78, 5) is 22.9. The van der Waals surface area contributed by atoms with Gasteiger partial charge >= 0.3 is 5.97 Å². The Balaban J connectivity index is 2.24. The number of carbonyl (C=O) groups excluding carboxylic acids is 1. The molecule has 0 heterocycles. The molecule has 0 fully saturated rings. The van der Waals surface area contributed by atoms with E-state index >= 15 is 0 Å². The molecule has 0 aliphatic carbocycles. The molecule has 2 aromatic rings. The number of benzene rings is 2. The number of hydrogen-bond acceptors (Lipinski definition) is 4. The van der Waals surface area contributed by atoms with Crippen molar-refractivity contribution in [2.75, 3.05) is 6.61 Å². The summed E-state index contributed by atoms with van der Waals surface area (Å²) in [7, 11) is 0. The first kappa shape index (κ1) is 16.8. The van der Waals surface area contributed by atoms with E-state index in [-0.39, 0.29) is 17.1 Å². The number of aromatic hydroxyl groups is 1. The zero-order valence-corrected chi connectivity index (χ0v) is 13.5. The second-order valence-corrected chi connectivity index (χ2v) is 5.50. The van der Waals surface area contributed by atoms with Gasteiger partial charge in [-0.2, -0.15) is 0 Å². The molecular weight excluding hydrogens is 364 g/mol. The number of carbonyl (C=O) groups is 2. The fourth-order valence-corrected chi connectivity index (χ4v) is 2.12. The number of hydrogen-bond donors (Lipinski definition) is 2. The number of rotatable bonds is 6. The summed E-state index contributed by atoms with van der Waals surface area (Å²) in [6.45, 7) is -0.597. The Morgan fingerprint density at radius 1 is 1.13 bits per heavy atom. The van der Waals surface area contributed by atoms with Gasteiger partial charge in [-0.05, 0) is 35.9 Å². The largest absolute Gasteiger partial charge is 0.507 e. The SMILES string of the molecule is O=C(O)COc1cccc(O)c1C(=O)C=Cc1ccc(Br)cc1. The van der Waals surface area contributed by atoms with E-state index in [2.05, 4.69) is 15.9 Å². The van der Waals surface area contributed by atoms with Gasteiger partial charge in [0.2, 0.25) is 0 Å². The molecule has 0 aliphatic rings. The van der Waals surface area contributed by atoms with Gasteiger partial charge in [0.25, 0.3) is 0 Å². The van der Waals surface area contributed by atoms with Gasteiger partial charge in [0.1, 0.15) is 17.1 Å². The number of carboxylic acid groups (broad SMARTS) is 1.